The SMILES string of the molecule is COc1cc(C(CN)N2CCCCCC2)cc(OC)c1OC. The number of ether oxygens (including phenoxy) is 3. The Hall–Kier alpha value is -1.46. The number of benzene rings is 1. The molecule has 1 atom stereocenters. The van der Waals surface area contributed by atoms with Crippen molar-refractivity contribution in [2.24, 2.45) is 5.73 Å². The minimum Gasteiger partial charge on any atom is -0.493 e. The Labute approximate surface area is 133 Å². The minimum atomic E-state index is 0.187. The molecule has 0 saturated carbocycles. The van der Waals surface area contributed by atoms with E-state index in [-0.39, 0.29) is 6.04 Å². The van der Waals surface area contributed by atoms with Crippen molar-refractivity contribution in [2.75, 3.05) is 41.0 Å². The van der Waals surface area contributed by atoms with Gasteiger partial charge in [-0.05, 0) is 43.6 Å². The monoisotopic (exact) mass is 308 g/mol. The zero-order valence-electron chi connectivity index (χ0n) is 13.9. The highest BCUT2D eigenvalue weighted by atomic mass is 16.5. The maximum Gasteiger partial charge on any atom is 0.203 e. The number of hydrogen-bond donors (Lipinski definition) is 1. The topological polar surface area (TPSA) is 57.0 Å². The zero-order chi connectivity index (χ0) is 15.9. The van der Waals surface area contributed by atoms with Crippen molar-refractivity contribution in [1.29, 1.82) is 0 Å². The van der Waals surface area contributed by atoms with Crippen LogP contribution in [0.1, 0.15) is 37.3 Å². The normalized spacial score (nSPS) is 17.6. The van der Waals surface area contributed by atoms with Gasteiger partial charge in [-0.25, -0.2) is 0 Å². The van der Waals surface area contributed by atoms with Crippen LogP contribution in [0.2, 0.25) is 0 Å². The van der Waals surface area contributed by atoms with Gasteiger partial charge in [0.25, 0.3) is 0 Å². The molecule has 5 nitrogen and oxygen atoms in total. The van der Waals surface area contributed by atoms with Crippen LogP contribution in [0, 0.1) is 0 Å². The summed E-state index contributed by atoms with van der Waals surface area (Å²) in [7, 11) is 4.91. The fourth-order valence-electron chi connectivity index (χ4n) is 3.20. The maximum atomic E-state index is 6.09. The Morgan fingerprint density at radius 3 is 1.91 bits per heavy atom. The minimum absolute atomic E-state index is 0.187. The van der Waals surface area contributed by atoms with E-state index >= 15 is 0 Å². The second-order valence-corrected chi connectivity index (χ2v) is 5.66. The molecule has 0 amide bonds. The number of rotatable bonds is 6. The van der Waals surface area contributed by atoms with E-state index in [1.807, 2.05) is 12.1 Å². The van der Waals surface area contributed by atoms with Gasteiger partial charge in [-0.3, -0.25) is 4.90 Å². The smallest absolute Gasteiger partial charge is 0.203 e. The second kappa shape index (κ2) is 8.25. The first-order chi connectivity index (χ1) is 10.7. The number of hydrogen-bond acceptors (Lipinski definition) is 5. The Balaban J connectivity index is 2.35. The van der Waals surface area contributed by atoms with Gasteiger partial charge in [0, 0.05) is 12.6 Å². The molecule has 22 heavy (non-hydrogen) atoms. The summed E-state index contributed by atoms with van der Waals surface area (Å²) in [5, 5.41) is 0. The molecule has 0 bridgehead atoms. The fourth-order valence-corrected chi connectivity index (χ4v) is 3.20. The van der Waals surface area contributed by atoms with Gasteiger partial charge >= 0.3 is 0 Å². The van der Waals surface area contributed by atoms with E-state index in [4.69, 9.17) is 19.9 Å². The molecule has 124 valence electrons. The molecule has 0 radical (unpaired) electrons. The van der Waals surface area contributed by atoms with Crippen LogP contribution in [0.4, 0.5) is 0 Å². The first-order valence-electron chi connectivity index (χ1n) is 7.99. The molecule has 1 aliphatic heterocycles. The van der Waals surface area contributed by atoms with Crippen molar-refractivity contribution >= 4 is 0 Å². The predicted octanol–water partition coefficient (Wildman–Crippen LogP) is 2.59. The summed E-state index contributed by atoms with van der Waals surface area (Å²) in [6.07, 6.45) is 5.09. The average molecular weight is 308 g/mol. The lowest BCUT2D eigenvalue weighted by atomic mass is 10.0. The molecule has 0 spiro atoms. The van der Waals surface area contributed by atoms with Gasteiger partial charge in [-0.2, -0.15) is 0 Å². The van der Waals surface area contributed by atoms with Crippen LogP contribution in [0.3, 0.4) is 0 Å². The molecule has 1 aromatic rings. The van der Waals surface area contributed by atoms with E-state index in [9.17, 15) is 0 Å². The molecule has 1 unspecified atom stereocenters. The van der Waals surface area contributed by atoms with Crippen LogP contribution >= 0.6 is 0 Å². The second-order valence-electron chi connectivity index (χ2n) is 5.66. The van der Waals surface area contributed by atoms with E-state index in [1.165, 1.54) is 25.7 Å². The van der Waals surface area contributed by atoms with Crippen molar-refractivity contribution in [1.82, 2.24) is 4.90 Å². The molecule has 1 heterocycles. The van der Waals surface area contributed by atoms with Crippen molar-refractivity contribution in [3.05, 3.63) is 17.7 Å². The molecular weight excluding hydrogens is 280 g/mol. The molecule has 1 saturated heterocycles. The Morgan fingerprint density at radius 1 is 0.955 bits per heavy atom. The molecule has 1 aliphatic rings. The van der Waals surface area contributed by atoms with Crippen LogP contribution < -0.4 is 19.9 Å². The first kappa shape index (κ1) is 16.9. The standard InChI is InChI=1S/C17H28N2O3/c1-20-15-10-13(11-16(21-2)17(15)22-3)14(12-18)19-8-6-4-5-7-9-19/h10-11,14H,4-9,12,18H2,1-3H3. The lowest BCUT2D eigenvalue weighted by Crippen LogP contribution is -2.34. The Kier molecular flexibility index (Phi) is 6.34. The van der Waals surface area contributed by atoms with Gasteiger partial charge in [-0.15, -0.1) is 0 Å². The summed E-state index contributed by atoms with van der Waals surface area (Å²) in [6.45, 7) is 2.77. The number of nitrogens with two attached hydrogens (primary N) is 1. The summed E-state index contributed by atoms with van der Waals surface area (Å²) in [5.41, 5.74) is 7.21. The van der Waals surface area contributed by atoms with E-state index in [0.29, 0.717) is 23.8 Å². The third-order valence-corrected chi connectivity index (χ3v) is 4.38. The van der Waals surface area contributed by atoms with Gasteiger partial charge in [-0.1, -0.05) is 12.8 Å². The van der Waals surface area contributed by atoms with E-state index in [0.717, 1.165) is 18.7 Å². The van der Waals surface area contributed by atoms with Gasteiger partial charge in [0.1, 0.15) is 0 Å². The van der Waals surface area contributed by atoms with Gasteiger partial charge in [0.2, 0.25) is 5.75 Å². The lowest BCUT2D eigenvalue weighted by molar-refractivity contribution is 0.208. The van der Waals surface area contributed by atoms with Crippen LogP contribution in [-0.2, 0) is 0 Å². The molecule has 0 aliphatic carbocycles. The molecule has 2 N–H and O–H groups in total. The first-order valence-corrected chi connectivity index (χ1v) is 7.99. The molecule has 1 fully saturated rings. The van der Waals surface area contributed by atoms with E-state index in [1.54, 1.807) is 21.3 Å². The van der Waals surface area contributed by atoms with Gasteiger partial charge in [0.15, 0.2) is 11.5 Å². The third-order valence-electron chi connectivity index (χ3n) is 4.38. The summed E-state index contributed by atoms with van der Waals surface area (Å²) in [4.78, 5) is 2.48. The highest BCUT2D eigenvalue weighted by Crippen LogP contribution is 2.40. The highest BCUT2D eigenvalue weighted by molar-refractivity contribution is 5.54. The fraction of sp³-hybridized carbons (Fsp3) is 0.647. The summed E-state index contributed by atoms with van der Waals surface area (Å²) in [5.74, 6) is 2.00. The lowest BCUT2D eigenvalue weighted by Gasteiger charge is -2.30. The van der Waals surface area contributed by atoms with Crippen LogP contribution in [0.25, 0.3) is 0 Å². The van der Waals surface area contributed by atoms with Crippen molar-refractivity contribution in [3.63, 3.8) is 0 Å². The average Bonchev–Trinajstić information content (AvgIpc) is 2.83. The molecule has 5 heteroatoms. The van der Waals surface area contributed by atoms with Gasteiger partial charge in [0.05, 0.1) is 21.3 Å². The summed E-state index contributed by atoms with van der Waals surface area (Å²) >= 11 is 0. The summed E-state index contributed by atoms with van der Waals surface area (Å²) in [6, 6.07) is 4.22. The third kappa shape index (κ3) is 3.65. The number of methoxy groups -OCH3 is 3. The Bertz CT molecular complexity index is 446. The van der Waals surface area contributed by atoms with E-state index < -0.39 is 0 Å². The van der Waals surface area contributed by atoms with Crippen LogP contribution in [0.15, 0.2) is 12.1 Å². The number of likely N-dealkylation sites (tertiary alicyclic amines) is 1. The molecular formula is C17H28N2O3. The van der Waals surface area contributed by atoms with Crippen molar-refractivity contribution in [3.8, 4) is 17.2 Å². The largest absolute Gasteiger partial charge is 0.493 e. The molecule has 1 aromatic carbocycles. The van der Waals surface area contributed by atoms with Gasteiger partial charge < -0.3 is 19.9 Å². The Morgan fingerprint density at radius 2 is 1.50 bits per heavy atom. The maximum absolute atomic E-state index is 6.09. The summed E-state index contributed by atoms with van der Waals surface area (Å²) < 4.78 is 16.3. The number of nitrogens with zero attached hydrogens (tertiary/aromatic N) is 1. The predicted molar refractivity (Wildman–Crippen MR) is 87.9 cm³/mol. The van der Waals surface area contributed by atoms with E-state index in [2.05, 4.69) is 4.90 Å². The van der Waals surface area contributed by atoms with Crippen LogP contribution in [0.5, 0.6) is 17.2 Å². The zero-order valence-corrected chi connectivity index (χ0v) is 13.9. The van der Waals surface area contributed by atoms with Crippen LogP contribution in [-0.4, -0.2) is 45.9 Å². The molecule has 2 rings (SSSR count). The van der Waals surface area contributed by atoms with Crippen molar-refractivity contribution < 1.29 is 14.2 Å². The molecule has 0 aromatic heterocycles. The highest BCUT2D eigenvalue weighted by Gasteiger charge is 2.23. The van der Waals surface area contributed by atoms with Crippen molar-refractivity contribution in [2.45, 2.75) is 31.7 Å². The quantitative estimate of drug-likeness (QED) is 0.875.